The van der Waals surface area contributed by atoms with Crippen molar-refractivity contribution in [3.05, 3.63) is 53.9 Å². The number of ether oxygens (including phenoxy) is 2. The van der Waals surface area contributed by atoms with Crippen LogP contribution in [-0.2, 0) is 0 Å². The van der Waals surface area contributed by atoms with Gasteiger partial charge in [0, 0.05) is 5.69 Å². The highest BCUT2D eigenvalue weighted by atomic mass is 16.5. The summed E-state index contributed by atoms with van der Waals surface area (Å²) in [7, 11) is 1.53. The minimum atomic E-state index is -0.222. The largest absolute Gasteiger partial charge is 0.496 e. The van der Waals surface area contributed by atoms with E-state index in [0.29, 0.717) is 17.1 Å². The highest BCUT2D eigenvalue weighted by Crippen LogP contribution is 2.16. The summed E-state index contributed by atoms with van der Waals surface area (Å²) in [5, 5.41) is 2.72. The fraction of sp³-hybridized carbons (Fsp3) is 0.222. The highest BCUT2D eigenvalue weighted by molar-refractivity contribution is 5.97. The summed E-state index contributed by atoms with van der Waals surface area (Å²) in [5.74, 6) is 6.66. The molecule has 0 bridgehead atoms. The summed E-state index contributed by atoms with van der Waals surface area (Å²) in [4.78, 5) is 16.1. The van der Waals surface area contributed by atoms with Crippen molar-refractivity contribution in [2.24, 2.45) is 0 Å². The average molecular weight is 310 g/mol. The zero-order chi connectivity index (χ0) is 16.5. The zero-order valence-corrected chi connectivity index (χ0v) is 13.1. The average Bonchev–Trinajstić information content (AvgIpc) is 2.59. The van der Waals surface area contributed by atoms with Crippen LogP contribution in [0.4, 0.5) is 0 Å². The van der Waals surface area contributed by atoms with Crippen molar-refractivity contribution >= 4 is 5.91 Å². The molecule has 1 aromatic heterocycles. The van der Waals surface area contributed by atoms with Gasteiger partial charge in [-0.2, -0.15) is 0 Å². The summed E-state index contributed by atoms with van der Waals surface area (Å²) in [6.45, 7) is 2.40. The van der Waals surface area contributed by atoms with Gasteiger partial charge in [-0.25, -0.2) is 0 Å². The molecule has 5 heteroatoms. The lowest BCUT2D eigenvalue weighted by atomic mass is 10.2. The van der Waals surface area contributed by atoms with Crippen molar-refractivity contribution in [1.29, 1.82) is 0 Å². The number of amides is 1. The molecule has 23 heavy (non-hydrogen) atoms. The van der Waals surface area contributed by atoms with Crippen LogP contribution in [0.3, 0.4) is 0 Å². The van der Waals surface area contributed by atoms with E-state index in [1.165, 1.54) is 7.11 Å². The second-order valence-corrected chi connectivity index (χ2v) is 4.66. The van der Waals surface area contributed by atoms with E-state index in [9.17, 15) is 4.79 Å². The second kappa shape index (κ2) is 8.44. The van der Waals surface area contributed by atoms with Crippen LogP contribution in [0.25, 0.3) is 0 Å². The number of methoxy groups -OCH3 is 1. The molecule has 5 nitrogen and oxygen atoms in total. The molecule has 2 aromatic rings. The van der Waals surface area contributed by atoms with Crippen molar-refractivity contribution in [1.82, 2.24) is 10.3 Å². The summed E-state index contributed by atoms with van der Waals surface area (Å²) >= 11 is 0. The van der Waals surface area contributed by atoms with Gasteiger partial charge in [0.15, 0.2) is 0 Å². The predicted molar refractivity (Wildman–Crippen MR) is 87.6 cm³/mol. The monoisotopic (exact) mass is 310 g/mol. The molecule has 0 saturated carbocycles. The normalized spacial score (nSPS) is 9.48. The molecule has 0 radical (unpaired) electrons. The number of pyridine rings is 1. The standard InChI is InChI=1S/C18H18N2O3/c1-14-9-10-15(13-20-14)23-12-6-5-11-19-18(21)16-7-3-4-8-17(16)22-2/h3-4,7-10,13H,11-12H2,1-2H3,(H,19,21). The SMILES string of the molecule is COc1ccccc1C(=O)NCC#CCOc1ccc(C)nc1. The Morgan fingerprint density at radius 3 is 2.78 bits per heavy atom. The number of carbonyl (C=O) groups is 1. The topological polar surface area (TPSA) is 60.5 Å². The summed E-state index contributed by atoms with van der Waals surface area (Å²) < 4.78 is 10.6. The van der Waals surface area contributed by atoms with Crippen LogP contribution in [0.2, 0.25) is 0 Å². The lowest BCUT2D eigenvalue weighted by Gasteiger charge is -2.06. The van der Waals surface area contributed by atoms with Gasteiger partial charge in [0.25, 0.3) is 5.91 Å². The minimum absolute atomic E-state index is 0.222. The second-order valence-electron chi connectivity index (χ2n) is 4.66. The number of nitrogens with zero attached hydrogens (tertiary/aromatic N) is 1. The zero-order valence-electron chi connectivity index (χ0n) is 13.1. The Labute approximate surface area is 135 Å². The first-order valence-corrected chi connectivity index (χ1v) is 7.13. The first kappa shape index (κ1) is 16.4. The van der Waals surface area contributed by atoms with E-state index in [4.69, 9.17) is 9.47 Å². The molecule has 2 rings (SSSR count). The third kappa shape index (κ3) is 5.04. The minimum Gasteiger partial charge on any atom is -0.496 e. The van der Waals surface area contributed by atoms with Crippen LogP contribution in [0.1, 0.15) is 16.1 Å². The number of hydrogen-bond acceptors (Lipinski definition) is 4. The summed E-state index contributed by atoms with van der Waals surface area (Å²) in [5.41, 5.74) is 1.42. The molecule has 1 aromatic carbocycles. The Morgan fingerprint density at radius 1 is 1.22 bits per heavy atom. The van der Waals surface area contributed by atoms with Gasteiger partial charge < -0.3 is 14.8 Å². The van der Waals surface area contributed by atoms with Gasteiger partial charge >= 0.3 is 0 Å². The van der Waals surface area contributed by atoms with Crippen molar-refractivity contribution in [3.8, 4) is 23.3 Å². The predicted octanol–water partition coefficient (Wildman–Crippen LogP) is 2.21. The third-order valence-corrected chi connectivity index (χ3v) is 3.01. The fourth-order valence-corrected chi connectivity index (χ4v) is 1.82. The summed E-state index contributed by atoms with van der Waals surface area (Å²) in [6, 6.07) is 10.8. The van der Waals surface area contributed by atoms with E-state index < -0.39 is 0 Å². The Balaban J connectivity index is 1.77. The molecule has 0 aliphatic rings. The molecule has 0 unspecified atom stereocenters. The molecule has 1 heterocycles. The molecule has 0 fully saturated rings. The quantitative estimate of drug-likeness (QED) is 0.860. The van der Waals surface area contributed by atoms with E-state index >= 15 is 0 Å². The maximum absolute atomic E-state index is 12.0. The molecule has 1 amide bonds. The number of nitrogens with one attached hydrogen (secondary N) is 1. The van der Waals surface area contributed by atoms with Gasteiger partial charge in [0.05, 0.1) is 25.4 Å². The molecule has 0 aliphatic heterocycles. The molecule has 0 aliphatic carbocycles. The number of aromatic nitrogens is 1. The highest BCUT2D eigenvalue weighted by Gasteiger charge is 2.09. The number of para-hydroxylation sites is 1. The molecular formula is C18H18N2O3. The molecular weight excluding hydrogens is 292 g/mol. The Bertz CT molecular complexity index is 715. The van der Waals surface area contributed by atoms with Crippen LogP contribution in [0.15, 0.2) is 42.6 Å². The number of carbonyl (C=O) groups excluding carboxylic acids is 1. The number of aryl methyl sites for hydroxylation is 1. The van der Waals surface area contributed by atoms with Gasteiger partial charge in [-0.1, -0.05) is 24.0 Å². The van der Waals surface area contributed by atoms with Crippen molar-refractivity contribution in [2.45, 2.75) is 6.92 Å². The first-order valence-electron chi connectivity index (χ1n) is 7.13. The molecule has 0 atom stereocenters. The van der Waals surface area contributed by atoms with E-state index in [-0.39, 0.29) is 19.1 Å². The Hall–Kier alpha value is -3.00. The van der Waals surface area contributed by atoms with Crippen LogP contribution in [-0.4, -0.2) is 31.2 Å². The maximum Gasteiger partial charge on any atom is 0.255 e. The third-order valence-electron chi connectivity index (χ3n) is 3.01. The first-order chi connectivity index (χ1) is 11.2. The smallest absolute Gasteiger partial charge is 0.255 e. The molecule has 118 valence electrons. The van der Waals surface area contributed by atoms with E-state index in [1.807, 2.05) is 25.1 Å². The van der Waals surface area contributed by atoms with Gasteiger partial charge in [-0.15, -0.1) is 0 Å². The van der Waals surface area contributed by atoms with E-state index in [1.54, 1.807) is 24.4 Å². The number of benzene rings is 1. The molecule has 0 spiro atoms. The van der Waals surface area contributed by atoms with Crippen LogP contribution in [0.5, 0.6) is 11.5 Å². The van der Waals surface area contributed by atoms with Crippen molar-refractivity contribution in [3.63, 3.8) is 0 Å². The van der Waals surface area contributed by atoms with Crippen LogP contribution < -0.4 is 14.8 Å². The van der Waals surface area contributed by atoms with Gasteiger partial charge in [-0.3, -0.25) is 9.78 Å². The lowest BCUT2D eigenvalue weighted by Crippen LogP contribution is -2.24. The van der Waals surface area contributed by atoms with Crippen molar-refractivity contribution in [2.75, 3.05) is 20.3 Å². The maximum atomic E-state index is 12.0. The number of hydrogen-bond donors (Lipinski definition) is 1. The summed E-state index contributed by atoms with van der Waals surface area (Å²) in [6.07, 6.45) is 1.65. The molecule has 0 saturated heterocycles. The Morgan fingerprint density at radius 2 is 2.04 bits per heavy atom. The fourth-order valence-electron chi connectivity index (χ4n) is 1.82. The van der Waals surface area contributed by atoms with Gasteiger partial charge in [0.1, 0.15) is 18.1 Å². The van der Waals surface area contributed by atoms with Crippen molar-refractivity contribution < 1.29 is 14.3 Å². The number of rotatable bonds is 5. The van der Waals surface area contributed by atoms with Crippen LogP contribution >= 0.6 is 0 Å². The lowest BCUT2D eigenvalue weighted by molar-refractivity contribution is 0.0955. The van der Waals surface area contributed by atoms with E-state index in [0.717, 1.165) is 5.69 Å². The molecule has 1 N–H and O–H groups in total. The van der Waals surface area contributed by atoms with Gasteiger partial charge in [0.2, 0.25) is 0 Å². The van der Waals surface area contributed by atoms with Crippen LogP contribution in [0, 0.1) is 18.8 Å². The Kier molecular flexibility index (Phi) is 6.01. The van der Waals surface area contributed by atoms with Gasteiger partial charge in [-0.05, 0) is 31.2 Å². The van der Waals surface area contributed by atoms with E-state index in [2.05, 4.69) is 22.1 Å².